The Labute approximate surface area is 181 Å². The highest BCUT2D eigenvalue weighted by molar-refractivity contribution is 8.14. The second-order valence-electron chi connectivity index (χ2n) is 6.40. The third-order valence-corrected chi connectivity index (χ3v) is 5.27. The van der Waals surface area contributed by atoms with Crippen molar-refractivity contribution in [1.82, 2.24) is 4.90 Å². The third kappa shape index (κ3) is 4.94. The number of benzene rings is 2. The summed E-state index contributed by atoms with van der Waals surface area (Å²) < 4.78 is 10.5. The van der Waals surface area contributed by atoms with Crippen molar-refractivity contribution in [3.05, 3.63) is 57.6 Å². The molecule has 2 aromatic rings. The number of hydrogen-bond donors (Lipinski definition) is 1. The van der Waals surface area contributed by atoms with Gasteiger partial charge in [0.1, 0.15) is 5.56 Å². The number of nitro benzene ring substituents is 1. The van der Waals surface area contributed by atoms with E-state index < -0.39 is 16.5 Å². The van der Waals surface area contributed by atoms with E-state index in [1.807, 2.05) is 0 Å². The van der Waals surface area contributed by atoms with Gasteiger partial charge >= 0.3 is 0 Å². The van der Waals surface area contributed by atoms with Crippen LogP contribution in [0.25, 0.3) is 0 Å². The normalized spacial score (nSPS) is 13.3. The van der Waals surface area contributed by atoms with Crippen LogP contribution in [0.3, 0.4) is 0 Å². The predicted octanol–water partition coefficient (Wildman–Crippen LogP) is 3.45. The lowest BCUT2D eigenvalue weighted by atomic mass is 10.1. The average molecular weight is 445 g/mol. The van der Waals surface area contributed by atoms with E-state index in [0.29, 0.717) is 11.3 Å². The topological polar surface area (TPSA) is 128 Å². The second kappa shape index (κ2) is 9.47. The SMILES string of the molecule is CCOc1cc([N+](=O)[O-])c(C(=O)Nc2ccc(CN3C(=O)CSC3=O)cc2)cc1OC. The van der Waals surface area contributed by atoms with Crippen molar-refractivity contribution < 1.29 is 28.8 Å². The lowest BCUT2D eigenvalue weighted by Crippen LogP contribution is -2.27. The molecule has 3 rings (SSSR count). The zero-order valence-corrected chi connectivity index (χ0v) is 17.6. The molecule has 0 aliphatic carbocycles. The van der Waals surface area contributed by atoms with Crippen LogP contribution in [-0.2, 0) is 11.3 Å². The van der Waals surface area contributed by atoms with Crippen LogP contribution in [0, 0.1) is 10.1 Å². The first kappa shape index (κ1) is 22.1. The largest absolute Gasteiger partial charge is 0.493 e. The number of hydrogen-bond acceptors (Lipinski definition) is 8. The minimum Gasteiger partial charge on any atom is -0.493 e. The van der Waals surface area contributed by atoms with Gasteiger partial charge in [-0.2, -0.15) is 0 Å². The highest BCUT2D eigenvalue weighted by Crippen LogP contribution is 2.35. The Morgan fingerprint density at radius 2 is 1.94 bits per heavy atom. The van der Waals surface area contributed by atoms with Gasteiger partial charge < -0.3 is 14.8 Å². The molecule has 11 heteroatoms. The summed E-state index contributed by atoms with van der Waals surface area (Å²) in [6.45, 7) is 2.14. The Hall–Kier alpha value is -3.60. The molecule has 2 aromatic carbocycles. The summed E-state index contributed by atoms with van der Waals surface area (Å²) in [5, 5.41) is 13.8. The smallest absolute Gasteiger partial charge is 0.289 e. The standard InChI is InChI=1S/C20H19N3O7S/c1-3-30-17-9-15(23(27)28)14(8-16(17)29-2)19(25)21-13-6-4-12(5-7-13)10-22-18(24)11-31-20(22)26/h4-9H,3,10-11H2,1-2H3,(H,21,25). The molecule has 0 radical (unpaired) electrons. The molecule has 0 aromatic heterocycles. The highest BCUT2D eigenvalue weighted by atomic mass is 32.2. The summed E-state index contributed by atoms with van der Waals surface area (Å²) in [5.74, 6) is -0.434. The number of carbonyl (C=O) groups is 3. The molecule has 1 N–H and O–H groups in total. The number of anilines is 1. The van der Waals surface area contributed by atoms with Gasteiger partial charge in [0.25, 0.3) is 16.8 Å². The van der Waals surface area contributed by atoms with E-state index in [1.54, 1.807) is 31.2 Å². The number of thioether (sulfide) groups is 1. The van der Waals surface area contributed by atoms with Gasteiger partial charge in [0.05, 0.1) is 37.0 Å². The zero-order chi connectivity index (χ0) is 22.5. The van der Waals surface area contributed by atoms with Crippen LogP contribution < -0.4 is 14.8 Å². The number of imide groups is 1. The summed E-state index contributed by atoms with van der Waals surface area (Å²) in [6, 6.07) is 8.91. The van der Waals surface area contributed by atoms with Crippen LogP contribution in [0.4, 0.5) is 16.2 Å². The minimum absolute atomic E-state index is 0.136. The molecular weight excluding hydrogens is 426 g/mol. The van der Waals surface area contributed by atoms with Crippen LogP contribution in [-0.4, -0.2) is 46.3 Å². The van der Waals surface area contributed by atoms with Crippen molar-refractivity contribution in [3.8, 4) is 11.5 Å². The number of nitrogens with one attached hydrogen (secondary N) is 1. The molecule has 0 bridgehead atoms. The van der Waals surface area contributed by atoms with Crippen LogP contribution in [0.2, 0.25) is 0 Å². The molecule has 162 valence electrons. The lowest BCUT2D eigenvalue weighted by Gasteiger charge is -2.14. The first-order valence-corrected chi connectivity index (χ1v) is 10.2. The van der Waals surface area contributed by atoms with Gasteiger partial charge in [0, 0.05) is 11.8 Å². The Morgan fingerprint density at radius 1 is 1.23 bits per heavy atom. The number of carbonyl (C=O) groups excluding carboxylic acids is 3. The lowest BCUT2D eigenvalue weighted by molar-refractivity contribution is -0.385. The maximum Gasteiger partial charge on any atom is 0.289 e. The van der Waals surface area contributed by atoms with E-state index in [0.717, 1.165) is 22.7 Å². The van der Waals surface area contributed by atoms with Crippen molar-refractivity contribution in [3.63, 3.8) is 0 Å². The first-order chi connectivity index (χ1) is 14.8. The van der Waals surface area contributed by atoms with Gasteiger partial charge in [0.15, 0.2) is 11.5 Å². The first-order valence-electron chi connectivity index (χ1n) is 9.20. The molecule has 3 amide bonds. The molecule has 10 nitrogen and oxygen atoms in total. The van der Waals surface area contributed by atoms with E-state index in [9.17, 15) is 24.5 Å². The maximum atomic E-state index is 12.7. The number of nitro groups is 1. The molecule has 0 atom stereocenters. The summed E-state index contributed by atoms with van der Waals surface area (Å²) in [4.78, 5) is 48.1. The van der Waals surface area contributed by atoms with Gasteiger partial charge in [0.2, 0.25) is 5.91 Å². The molecule has 0 spiro atoms. The molecule has 1 aliphatic heterocycles. The number of nitrogens with zero attached hydrogens (tertiary/aromatic N) is 2. The van der Waals surface area contributed by atoms with Crippen LogP contribution in [0.15, 0.2) is 36.4 Å². The van der Waals surface area contributed by atoms with E-state index in [2.05, 4.69) is 5.32 Å². The minimum atomic E-state index is -0.693. The van der Waals surface area contributed by atoms with Crippen molar-refractivity contribution in [1.29, 1.82) is 0 Å². The Morgan fingerprint density at radius 3 is 2.48 bits per heavy atom. The summed E-state index contributed by atoms with van der Waals surface area (Å²) in [5.41, 5.74) is 0.502. The zero-order valence-electron chi connectivity index (χ0n) is 16.7. The fourth-order valence-corrected chi connectivity index (χ4v) is 3.64. The fourth-order valence-electron chi connectivity index (χ4n) is 2.92. The Kier molecular flexibility index (Phi) is 6.75. The van der Waals surface area contributed by atoms with Gasteiger partial charge in [-0.3, -0.25) is 29.4 Å². The molecule has 0 unspecified atom stereocenters. The average Bonchev–Trinajstić information content (AvgIpc) is 3.06. The number of ether oxygens (including phenoxy) is 2. The molecular formula is C20H19N3O7S. The number of amides is 3. The summed E-state index contributed by atoms with van der Waals surface area (Å²) >= 11 is 0.959. The Bertz CT molecular complexity index is 1020. The van der Waals surface area contributed by atoms with Crippen molar-refractivity contribution in [2.24, 2.45) is 0 Å². The van der Waals surface area contributed by atoms with Gasteiger partial charge in [-0.1, -0.05) is 23.9 Å². The van der Waals surface area contributed by atoms with E-state index in [-0.39, 0.29) is 47.1 Å². The maximum absolute atomic E-state index is 12.7. The quantitative estimate of drug-likeness (QED) is 0.483. The third-order valence-electron chi connectivity index (χ3n) is 4.42. The molecule has 1 aliphatic rings. The molecule has 1 saturated heterocycles. The number of methoxy groups -OCH3 is 1. The van der Waals surface area contributed by atoms with E-state index in [1.165, 1.54) is 13.2 Å². The van der Waals surface area contributed by atoms with Crippen LogP contribution in [0.5, 0.6) is 11.5 Å². The van der Waals surface area contributed by atoms with Gasteiger partial charge in [-0.25, -0.2) is 0 Å². The molecule has 0 saturated carbocycles. The molecule has 31 heavy (non-hydrogen) atoms. The second-order valence-corrected chi connectivity index (χ2v) is 7.32. The highest BCUT2D eigenvalue weighted by Gasteiger charge is 2.29. The van der Waals surface area contributed by atoms with Crippen molar-refractivity contribution in [2.75, 3.05) is 24.8 Å². The van der Waals surface area contributed by atoms with Crippen LogP contribution >= 0.6 is 11.8 Å². The van der Waals surface area contributed by atoms with Crippen molar-refractivity contribution in [2.45, 2.75) is 13.5 Å². The monoisotopic (exact) mass is 445 g/mol. The van der Waals surface area contributed by atoms with Crippen LogP contribution in [0.1, 0.15) is 22.8 Å². The summed E-state index contributed by atoms with van der Waals surface area (Å²) in [6.07, 6.45) is 0. The molecule has 1 heterocycles. The fraction of sp³-hybridized carbons (Fsp3) is 0.250. The Balaban J connectivity index is 1.78. The van der Waals surface area contributed by atoms with E-state index >= 15 is 0 Å². The number of rotatable bonds is 8. The van der Waals surface area contributed by atoms with Gasteiger partial charge in [-0.05, 0) is 24.6 Å². The van der Waals surface area contributed by atoms with Crippen molar-refractivity contribution >= 4 is 40.2 Å². The van der Waals surface area contributed by atoms with E-state index in [4.69, 9.17) is 9.47 Å². The summed E-state index contributed by atoms with van der Waals surface area (Å²) in [7, 11) is 1.37. The predicted molar refractivity (Wildman–Crippen MR) is 114 cm³/mol. The van der Waals surface area contributed by atoms with Gasteiger partial charge in [-0.15, -0.1) is 0 Å². The molecule has 1 fully saturated rings.